The highest BCUT2D eigenvalue weighted by Crippen LogP contribution is 2.16. The van der Waals surface area contributed by atoms with Gasteiger partial charge in [0.25, 0.3) is 0 Å². The maximum absolute atomic E-state index is 5.14. The molecule has 0 saturated carbocycles. The first kappa shape index (κ1) is 10.9. The maximum atomic E-state index is 5.14. The summed E-state index contributed by atoms with van der Waals surface area (Å²) in [6.45, 7) is 9.01. The van der Waals surface area contributed by atoms with Crippen LogP contribution in [0, 0.1) is 13.8 Å². The summed E-state index contributed by atoms with van der Waals surface area (Å²) >= 11 is 0. The number of hydrogen-bond acceptors (Lipinski definition) is 2. The fourth-order valence-corrected chi connectivity index (χ4v) is 1.10. The van der Waals surface area contributed by atoms with Crippen molar-refractivity contribution in [2.24, 2.45) is 0 Å². The van der Waals surface area contributed by atoms with Crippen LogP contribution in [0.2, 0.25) is 0 Å². The lowest BCUT2D eigenvalue weighted by Gasteiger charge is -1.91. The number of allylic oxidation sites excluding steroid dienone is 1. The van der Waals surface area contributed by atoms with E-state index in [0.717, 1.165) is 24.5 Å². The second-order valence-corrected chi connectivity index (χ2v) is 3.59. The van der Waals surface area contributed by atoms with Crippen LogP contribution >= 0.6 is 0 Å². The molecule has 1 aliphatic rings. The molecule has 0 N–H and O–H groups in total. The minimum Gasteiger partial charge on any atom is -0.498 e. The van der Waals surface area contributed by atoms with Crippen molar-refractivity contribution in [2.75, 3.05) is 6.61 Å². The Labute approximate surface area is 85.6 Å². The molecule has 0 bridgehead atoms. The third-order valence-electron chi connectivity index (χ3n) is 2.51. The number of ether oxygens (including phenoxy) is 1. The number of furan rings is 1. The summed E-state index contributed by atoms with van der Waals surface area (Å²) < 4.78 is 10.1. The molecule has 2 nitrogen and oxygen atoms in total. The third kappa shape index (κ3) is 2.95. The topological polar surface area (TPSA) is 22.4 Å². The van der Waals surface area contributed by atoms with E-state index in [1.54, 1.807) is 6.26 Å². The zero-order chi connectivity index (χ0) is 10.6. The molecule has 0 atom stereocenters. The Morgan fingerprint density at radius 1 is 1.14 bits per heavy atom. The van der Waals surface area contributed by atoms with Crippen molar-refractivity contribution in [2.45, 2.75) is 34.1 Å². The van der Waals surface area contributed by atoms with Gasteiger partial charge in [-0.25, -0.2) is 0 Å². The quantitative estimate of drug-likeness (QED) is 0.629. The van der Waals surface area contributed by atoms with Crippen LogP contribution < -0.4 is 0 Å². The van der Waals surface area contributed by atoms with E-state index in [1.807, 2.05) is 26.8 Å². The Balaban J connectivity index is 0.000000140. The molecule has 2 heterocycles. The lowest BCUT2D eigenvalue weighted by atomic mass is 10.2. The van der Waals surface area contributed by atoms with Gasteiger partial charge in [-0.2, -0.15) is 0 Å². The van der Waals surface area contributed by atoms with Gasteiger partial charge >= 0.3 is 0 Å². The summed E-state index contributed by atoms with van der Waals surface area (Å²) in [5, 5.41) is 0. The van der Waals surface area contributed by atoms with Crippen molar-refractivity contribution in [3.8, 4) is 0 Å². The van der Waals surface area contributed by atoms with Gasteiger partial charge in [-0.05, 0) is 44.9 Å². The highest BCUT2D eigenvalue weighted by atomic mass is 16.5. The van der Waals surface area contributed by atoms with Crippen LogP contribution in [-0.4, -0.2) is 6.61 Å². The van der Waals surface area contributed by atoms with Crippen molar-refractivity contribution in [1.82, 2.24) is 0 Å². The van der Waals surface area contributed by atoms with E-state index >= 15 is 0 Å². The minimum atomic E-state index is 0.900. The number of rotatable bonds is 0. The number of aryl methyl sites for hydroxylation is 2. The van der Waals surface area contributed by atoms with Crippen LogP contribution in [0.4, 0.5) is 0 Å². The predicted octanol–water partition coefficient (Wildman–Crippen LogP) is 3.60. The summed E-state index contributed by atoms with van der Waals surface area (Å²) in [5.41, 5.74) is 2.62. The monoisotopic (exact) mass is 194 g/mol. The van der Waals surface area contributed by atoms with E-state index in [2.05, 4.69) is 6.92 Å². The van der Waals surface area contributed by atoms with Gasteiger partial charge < -0.3 is 9.15 Å². The molecule has 78 valence electrons. The molecule has 0 saturated heterocycles. The van der Waals surface area contributed by atoms with Crippen LogP contribution in [0.5, 0.6) is 0 Å². The largest absolute Gasteiger partial charge is 0.498 e. The standard InChI is InChI=1S/C6H10O.C6H8O/c2*1-5-3-4-7-6(5)2/h3-4H2,1-2H3;3-4H,1-2H3. The van der Waals surface area contributed by atoms with E-state index in [9.17, 15) is 0 Å². The zero-order valence-corrected chi connectivity index (χ0v) is 9.39. The molecule has 0 radical (unpaired) electrons. The van der Waals surface area contributed by atoms with Crippen LogP contribution in [0.1, 0.15) is 31.6 Å². The number of hydrogen-bond donors (Lipinski definition) is 0. The third-order valence-corrected chi connectivity index (χ3v) is 2.51. The Morgan fingerprint density at radius 2 is 1.86 bits per heavy atom. The van der Waals surface area contributed by atoms with E-state index in [1.165, 1.54) is 11.1 Å². The molecule has 2 rings (SSSR count). The first-order valence-electron chi connectivity index (χ1n) is 4.91. The van der Waals surface area contributed by atoms with Gasteiger partial charge in [0.2, 0.25) is 0 Å². The molecule has 0 aliphatic carbocycles. The van der Waals surface area contributed by atoms with Gasteiger partial charge in [-0.1, -0.05) is 0 Å². The average molecular weight is 194 g/mol. The maximum Gasteiger partial charge on any atom is 0.103 e. The summed E-state index contributed by atoms with van der Waals surface area (Å²) in [4.78, 5) is 0. The SMILES string of the molecule is CC1=C(C)OCC1.Cc1ccoc1C. The highest BCUT2D eigenvalue weighted by molar-refractivity contribution is 5.11. The van der Waals surface area contributed by atoms with Crippen molar-refractivity contribution in [1.29, 1.82) is 0 Å². The van der Waals surface area contributed by atoms with E-state index in [-0.39, 0.29) is 0 Å². The molecule has 0 fully saturated rings. The van der Waals surface area contributed by atoms with Crippen LogP contribution in [-0.2, 0) is 4.74 Å². The van der Waals surface area contributed by atoms with Gasteiger partial charge in [-0.3, -0.25) is 0 Å². The Hall–Kier alpha value is -1.18. The van der Waals surface area contributed by atoms with Crippen LogP contribution in [0.15, 0.2) is 28.1 Å². The van der Waals surface area contributed by atoms with Crippen molar-refractivity contribution in [3.05, 3.63) is 35.0 Å². The van der Waals surface area contributed by atoms with E-state index < -0.39 is 0 Å². The highest BCUT2D eigenvalue weighted by Gasteiger charge is 2.04. The van der Waals surface area contributed by atoms with Gasteiger partial charge in [-0.15, -0.1) is 0 Å². The molecule has 1 aliphatic heterocycles. The molecule has 1 aromatic rings. The second-order valence-electron chi connectivity index (χ2n) is 3.59. The average Bonchev–Trinajstić information content (AvgIpc) is 2.67. The predicted molar refractivity (Wildman–Crippen MR) is 57.1 cm³/mol. The Bertz CT molecular complexity index is 292. The van der Waals surface area contributed by atoms with Crippen molar-refractivity contribution < 1.29 is 9.15 Å². The van der Waals surface area contributed by atoms with Crippen LogP contribution in [0.3, 0.4) is 0 Å². The first-order chi connectivity index (χ1) is 6.61. The normalized spacial score (nSPS) is 14.9. The van der Waals surface area contributed by atoms with Gasteiger partial charge in [0.1, 0.15) is 5.76 Å². The summed E-state index contributed by atoms with van der Waals surface area (Å²) in [5.74, 6) is 2.14. The fourth-order valence-electron chi connectivity index (χ4n) is 1.10. The molecule has 1 aromatic heterocycles. The fraction of sp³-hybridized carbons (Fsp3) is 0.500. The van der Waals surface area contributed by atoms with E-state index in [0.29, 0.717) is 0 Å². The van der Waals surface area contributed by atoms with E-state index in [4.69, 9.17) is 9.15 Å². The van der Waals surface area contributed by atoms with Gasteiger partial charge in [0, 0.05) is 6.42 Å². The lowest BCUT2D eigenvalue weighted by Crippen LogP contribution is -1.76. The lowest BCUT2D eigenvalue weighted by molar-refractivity contribution is 0.246. The molecular formula is C12H18O2. The molecule has 2 heteroatoms. The second kappa shape index (κ2) is 4.89. The van der Waals surface area contributed by atoms with Crippen molar-refractivity contribution in [3.63, 3.8) is 0 Å². The molecule has 0 amide bonds. The zero-order valence-electron chi connectivity index (χ0n) is 9.39. The van der Waals surface area contributed by atoms with Crippen LogP contribution in [0.25, 0.3) is 0 Å². The van der Waals surface area contributed by atoms with Gasteiger partial charge in [0.15, 0.2) is 0 Å². The van der Waals surface area contributed by atoms with Gasteiger partial charge in [0.05, 0.1) is 18.6 Å². The minimum absolute atomic E-state index is 0.900. The smallest absolute Gasteiger partial charge is 0.103 e. The molecule has 0 spiro atoms. The summed E-state index contributed by atoms with van der Waals surface area (Å²) in [6.07, 6.45) is 2.83. The Morgan fingerprint density at radius 3 is 2.00 bits per heavy atom. The first-order valence-corrected chi connectivity index (χ1v) is 4.91. The Kier molecular flexibility index (Phi) is 3.81. The summed E-state index contributed by atoms with van der Waals surface area (Å²) in [6, 6.07) is 1.95. The molecular weight excluding hydrogens is 176 g/mol. The molecule has 0 aromatic carbocycles. The molecule has 14 heavy (non-hydrogen) atoms. The van der Waals surface area contributed by atoms with Crippen molar-refractivity contribution >= 4 is 0 Å². The molecule has 0 unspecified atom stereocenters. The summed E-state index contributed by atoms with van der Waals surface area (Å²) in [7, 11) is 0.